The summed E-state index contributed by atoms with van der Waals surface area (Å²) in [7, 11) is 0. The molecule has 1 unspecified atom stereocenters. The molecule has 4 heterocycles. The first kappa shape index (κ1) is 12.0. The number of imidazole rings is 1. The number of halogens is 1. The normalized spacial score (nSPS) is 22.2. The average Bonchev–Trinajstić information content (AvgIpc) is 3.04. The van der Waals surface area contributed by atoms with E-state index in [9.17, 15) is 4.79 Å². The highest BCUT2D eigenvalue weighted by atomic mass is 79.9. The van der Waals surface area contributed by atoms with E-state index in [4.69, 9.17) is 0 Å². The summed E-state index contributed by atoms with van der Waals surface area (Å²) in [5.41, 5.74) is 0.846. The Morgan fingerprint density at radius 2 is 2.30 bits per heavy atom. The van der Waals surface area contributed by atoms with Crippen LogP contribution in [0.15, 0.2) is 23.2 Å². The Morgan fingerprint density at radius 3 is 3.20 bits per heavy atom. The van der Waals surface area contributed by atoms with Gasteiger partial charge in [-0.2, -0.15) is 0 Å². The van der Waals surface area contributed by atoms with Gasteiger partial charge < -0.3 is 19.5 Å². The molecule has 0 aromatic carbocycles. The van der Waals surface area contributed by atoms with Crippen LogP contribution in [0.25, 0.3) is 5.65 Å². The number of nitrogens with one attached hydrogen (secondary N) is 1. The van der Waals surface area contributed by atoms with Crippen LogP contribution in [0.5, 0.6) is 0 Å². The molecule has 2 aliphatic heterocycles. The van der Waals surface area contributed by atoms with E-state index in [1.54, 1.807) is 6.20 Å². The maximum Gasteiger partial charge on any atom is 0.317 e. The van der Waals surface area contributed by atoms with Crippen molar-refractivity contribution in [3.8, 4) is 0 Å². The lowest BCUT2D eigenvalue weighted by molar-refractivity contribution is 0.197. The molecule has 0 aliphatic carbocycles. The van der Waals surface area contributed by atoms with Crippen molar-refractivity contribution >= 4 is 33.4 Å². The van der Waals surface area contributed by atoms with Crippen LogP contribution in [0.4, 0.5) is 10.6 Å². The van der Waals surface area contributed by atoms with E-state index in [1.807, 2.05) is 21.7 Å². The van der Waals surface area contributed by atoms with Crippen molar-refractivity contribution in [1.29, 1.82) is 0 Å². The van der Waals surface area contributed by atoms with Crippen LogP contribution >= 0.6 is 15.9 Å². The molecule has 2 aliphatic rings. The molecule has 1 N–H and O–H groups in total. The number of fused-ring (bicyclic) bond motifs is 2. The van der Waals surface area contributed by atoms with Gasteiger partial charge in [0, 0.05) is 44.8 Å². The summed E-state index contributed by atoms with van der Waals surface area (Å²) in [6.07, 6.45) is 5.56. The largest absolute Gasteiger partial charge is 0.350 e. The number of carbonyl (C=O) groups excluding carboxylic acids is 1. The highest BCUT2D eigenvalue weighted by Crippen LogP contribution is 2.24. The van der Waals surface area contributed by atoms with Gasteiger partial charge in [0.15, 0.2) is 11.5 Å². The van der Waals surface area contributed by atoms with Gasteiger partial charge in [0.2, 0.25) is 0 Å². The lowest BCUT2D eigenvalue weighted by atomic mass is 10.2. The maximum absolute atomic E-state index is 11.6. The third-order valence-electron chi connectivity index (χ3n) is 3.86. The zero-order valence-electron chi connectivity index (χ0n) is 10.7. The summed E-state index contributed by atoms with van der Waals surface area (Å²) in [4.78, 5) is 24.7. The Balaban J connectivity index is 1.70. The Labute approximate surface area is 123 Å². The van der Waals surface area contributed by atoms with E-state index < -0.39 is 0 Å². The number of piperazine rings is 1. The van der Waals surface area contributed by atoms with E-state index in [1.165, 1.54) is 0 Å². The first-order valence-corrected chi connectivity index (χ1v) is 7.30. The SMILES string of the molecule is O=C1NCC2CN(c3nc(Br)cn4ccnc34)CCN12. The van der Waals surface area contributed by atoms with Crippen molar-refractivity contribution < 1.29 is 4.79 Å². The third-order valence-corrected chi connectivity index (χ3v) is 4.24. The summed E-state index contributed by atoms with van der Waals surface area (Å²) < 4.78 is 2.73. The van der Waals surface area contributed by atoms with E-state index in [0.29, 0.717) is 6.54 Å². The number of hydrogen-bond acceptors (Lipinski definition) is 4. The van der Waals surface area contributed by atoms with Gasteiger partial charge in [-0.15, -0.1) is 0 Å². The maximum atomic E-state index is 11.6. The summed E-state index contributed by atoms with van der Waals surface area (Å²) in [5, 5.41) is 2.89. The molecule has 1 atom stereocenters. The van der Waals surface area contributed by atoms with E-state index >= 15 is 0 Å². The first-order chi connectivity index (χ1) is 9.72. The molecule has 8 heteroatoms. The fraction of sp³-hybridized carbons (Fsp3) is 0.417. The van der Waals surface area contributed by atoms with Crippen LogP contribution in [0, 0.1) is 0 Å². The van der Waals surface area contributed by atoms with Gasteiger partial charge in [-0.25, -0.2) is 14.8 Å². The minimum atomic E-state index is 0.0443. The van der Waals surface area contributed by atoms with Gasteiger partial charge in [-0.3, -0.25) is 0 Å². The monoisotopic (exact) mass is 336 g/mol. The predicted molar refractivity (Wildman–Crippen MR) is 76.8 cm³/mol. The fourth-order valence-corrected chi connectivity index (χ4v) is 3.28. The van der Waals surface area contributed by atoms with Crippen LogP contribution in [0.2, 0.25) is 0 Å². The molecular weight excluding hydrogens is 324 g/mol. The van der Waals surface area contributed by atoms with Gasteiger partial charge >= 0.3 is 6.03 Å². The summed E-state index contributed by atoms with van der Waals surface area (Å²) >= 11 is 3.44. The van der Waals surface area contributed by atoms with Gasteiger partial charge in [0.05, 0.1) is 6.04 Å². The number of carbonyl (C=O) groups is 1. The van der Waals surface area contributed by atoms with Crippen molar-refractivity contribution in [2.75, 3.05) is 31.1 Å². The van der Waals surface area contributed by atoms with Crippen molar-refractivity contribution in [1.82, 2.24) is 24.6 Å². The molecule has 0 bridgehead atoms. The molecule has 2 aromatic rings. The Bertz CT molecular complexity index is 686. The molecule has 104 valence electrons. The minimum Gasteiger partial charge on any atom is -0.350 e. The quantitative estimate of drug-likeness (QED) is 0.832. The number of urea groups is 1. The zero-order valence-corrected chi connectivity index (χ0v) is 12.2. The summed E-state index contributed by atoms with van der Waals surface area (Å²) in [6, 6.07) is 0.259. The average molecular weight is 337 g/mol. The highest BCUT2D eigenvalue weighted by Gasteiger charge is 2.36. The fourth-order valence-electron chi connectivity index (χ4n) is 2.89. The number of rotatable bonds is 1. The van der Waals surface area contributed by atoms with Crippen molar-refractivity contribution in [3.05, 3.63) is 23.2 Å². The van der Waals surface area contributed by atoms with Gasteiger partial charge in [0.1, 0.15) is 4.60 Å². The van der Waals surface area contributed by atoms with Crippen LogP contribution < -0.4 is 10.2 Å². The third kappa shape index (κ3) is 1.75. The molecule has 7 nitrogen and oxygen atoms in total. The minimum absolute atomic E-state index is 0.0443. The standard InChI is InChI=1S/C12H13BrN6O/c13-9-7-17-2-1-14-10(17)11(16-9)18-3-4-19-8(6-18)5-15-12(19)20/h1-2,7-8H,3-6H2,(H,15,20). The predicted octanol–water partition coefficient (Wildman–Crippen LogP) is 0.706. The summed E-state index contributed by atoms with van der Waals surface area (Å²) in [5.74, 6) is 0.864. The smallest absolute Gasteiger partial charge is 0.317 e. The molecule has 2 aromatic heterocycles. The van der Waals surface area contributed by atoms with Crippen molar-refractivity contribution in [2.45, 2.75) is 6.04 Å². The lowest BCUT2D eigenvalue weighted by Gasteiger charge is -2.37. The molecule has 2 fully saturated rings. The summed E-state index contributed by atoms with van der Waals surface area (Å²) in [6.45, 7) is 2.98. The van der Waals surface area contributed by atoms with E-state index in [2.05, 4.69) is 36.1 Å². The van der Waals surface area contributed by atoms with Crippen molar-refractivity contribution in [3.63, 3.8) is 0 Å². The Kier molecular flexibility index (Phi) is 2.59. The number of amides is 2. The molecule has 0 spiro atoms. The van der Waals surface area contributed by atoms with Gasteiger partial charge in [0.25, 0.3) is 0 Å². The number of nitrogens with zero attached hydrogens (tertiary/aromatic N) is 5. The topological polar surface area (TPSA) is 65.8 Å². The highest BCUT2D eigenvalue weighted by molar-refractivity contribution is 9.10. The molecule has 0 radical (unpaired) electrons. The number of hydrogen-bond donors (Lipinski definition) is 1. The second-order valence-corrected chi connectivity index (χ2v) is 5.84. The van der Waals surface area contributed by atoms with Crippen LogP contribution in [-0.2, 0) is 0 Å². The first-order valence-electron chi connectivity index (χ1n) is 6.51. The van der Waals surface area contributed by atoms with Crippen LogP contribution in [-0.4, -0.2) is 57.5 Å². The lowest BCUT2D eigenvalue weighted by Crippen LogP contribution is -2.52. The van der Waals surface area contributed by atoms with Crippen LogP contribution in [0.1, 0.15) is 0 Å². The van der Waals surface area contributed by atoms with Crippen LogP contribution in [0.3, 0.4) is 0 Å². The molecule has 4 rings (SSSR count). The molecular formula is C12H13BrN6O. The van der Waals surface area contributed by atoms with Crippen molar-refractivity contribution in [2.24, 2.45) is 0 Å². The van der Waals surface area contributed by atoms with Gasteiger partial charge in [-0.1, -0.05) is 0 Å². The number of anilines is 1. The van der Waals surface area contributed by atoms with Gasteiger partial charge in [-0.05, 0) is 15.9 Å². The Morgan fingerprint density at radius 1 is 1.40 bits per heavy atom. The molecule has 2 saturated heterocycles. The second kappa shape index (κ2) is 4.34. The van der Waals surface area contributed by atoms with E-state index in [-0.39, 0.29) is 12.1 Å². The Hall–Kier alpha value is -1.83. The molecule has 20 heavy (non-hydrogen) atoms. The molecule has 0 saturated carbocycles. The number of aromatic nitrogens is 3. The second-order valence-electron chi connectivity index (χ2n) is 5.02. The molecule has 2 amide bonds. The zero-order chi connectivity index (χ0) is 13.7. The van der Waals surface area contributed by atoms with E-state index in [0.717, 1.165) is 35.7 Å².